The maximum Gasteiger partial charge on any atom is 0.215 e. The quantitative estimate of drug-likeness (QED) is 0.790. The normalized spacial score (nSPS) is 26.7. The smallest absolute Gasteiger partial charge is 0.215 e. The molecule has 0 radical (unpaired) electrons. The van der Waals surface area contributed by atoms with Crippen LogP contribution in [0.4, 0.5) is 0 Å². The van der Waals surface area contributed by atoms with Crippen molar-refractivity contribution in [1.29, 1.82) is 0 Å². The zero-order valence-corrected chi connectivity index (χ0v) is 12.0. The van der Waals surface area contributed by atoms with Crippen molar-refractivity contribution in [1.82, 2.24) is 4.72 Å². The molecule has 0 aromatic heterocycles. The number of nitrogens with two attached hydrogens (primary N) is 1. The molecule has 0 saturated heterocycles. The van der Waals surface area contributed by atoms with Gasteiger partial charge in [0.25, 0.3) is 0 Å². The fourth-order valence-electron chi connectivity index (χ4n) is 2.52. The Bertz CT molecular complexity index is 334. The molecule has 0 aromatic carbocycles. The van der Waals surface area contributed by atoms with Crippen LogP contribution in [0.1, 0.15) is 52.9 Å². The number of hydrogen-bond donors (Lipinski definition) is 2. The van der Waals surface area contributed by atoms with Crippen molar-refractivity contribution in [3.8, 4) is 0 Å². The molecule has 0 heterocycles. The summed E-state index contributed by atoms with van der Waals surface area (Å²) in [7, 11) is -3.27. The highest BCUT2D eigenvalue weighted by Crippen LogP contribution is 2.35. The third kappa shape index (κ3) is 3.66. The summed E-state index contributed by atoms with van der Waals surface area (Å²) in [6.07, 6.45) is 4.89. The number of nitrogens with one attached hydrogen (secondary N) is 1. The summed E-state index contributed by atoms with van der Waals surface area (Å²) < 4.78 is 27.2. The van der Waals surface area contributed by atoms with Gasteiger partial charge in [0.2, 0.25) is 10.0 Å². The standard InChI is InChI=1S/C12H26N2O2S/c1-4-10(9-13)17(15,16)14-11-7-5-6-8-12(11,2)3/h10-11,14H,4-9,13H2,1-3H3. The van der Waals surface area contributed by atoms with Gasteiger partial charge in [0.1, 0.15) is 0 Å². The summed E-state index contributed by atoms with van der Waals surface area (Å²) in [4.78, 5) is 0. The second-order valence-corrected chi connectivity index (χ2v) is 7.71. The maximum atomic E-state index is 12.2. The number of sulfonamides is 1. The maximum absolute atomic E-state index is 12.2. The van der Waals surface area contributed by atoms with Gasteiger partial charge >= 0.3 is 0 Å². The van der Waals surface area contributed by atoms with Gasteiger partial charge in [-0.2, -0.15) is 0 Å². The Hall–Kier alpha value is -0.130. The molecule has 0 aromatic rings. The molecule has 0 bridgehead atoms. The van der Waals surface area contributed by atoms with Gasteiger partial charge in [-0.05, 0) is 24.7 Å². The first-order chi connectivity index (χ1) is 7.83. The van der Waals surface area contributed by atoms with Crippen molar-refractivity contribution in [3.63, 3.8) is 0 Å². The first-order valence-corrected chi connectivity index (χ1v) is 8.09. The van der Waals surface area contributed by atoms with E-state index in [4.69, 9.17) is 5.73 Å². The molecule has 1 aliphatic rings. The van der Waals surface area contributed by atoms with Crippen molar-refractivity contribution < 1.29 is 8.42 Å². The summed E-state index contributed by atoms with van der Waals surface area (Å²) in [6, 6.07) is 0.0573. The Labute approximate surface area is 105 Å². The van der Waals surface area contributed by atoms with Crippen LogP contribution in [0.5, 0.6) is 0 Å². The molecule has 0 amide bonds. The second kappa shape index (κ2) is 5.67. The van der Waals surface area contributed by atoms with Crippen LogP contribution in [-0.2, 0) is 10.0 Å². The predicted octanol–water partition coefficient (Wildman–Crippen LogP) is 1.61. The van der Waals surface area contributed by atoms with E-state index in [2.05, 4.69) is 18.6 Å². The molecule has 17 heavy (non-hydrogen) atoms. The van der Waals surface area contributed by atoms with Gasteiger partial charge < -0.3 is 5.73 Å². The molecular weight excluding hydrogens is 236 g/mol. The monoisotopic (exact) mass is 262 g/mol. The first-order valence-electron chi connectivity index (χ1n) is 6.54. The average molecular weight is 262 g/mol. The third-order valence-electron chi connectivity index (χ3n) is 3.97. The van der Waals surface area contributed by atoms with Crippen LogP contribution in [-0.4, -0.2) is 26.3 Å². The summed E-state index contributed by atoms with van der Waals surface area (Å²) in [5, 5.41) is -0.458. The van der Waals surface area contributed by atoms with E-state index in [-0.39, 0.29) is 18.0 Å². The molecule has 4 nitrogen and oxygen atoms in total. The van der Waals surface area contributed by atoms with Crippen molar-refractivity contribution in [2.45, 2.75) is 64.2 Å². The minimum Gasteiger partial charge on any atom is -0.329 e. The zero-order valence-electron chi connectivity index (χ0n) is 11.2. The molecule has 2 unspecified atom stereocenters. The first kappa shape index (κ1) is 14.9. The SMILES string of the molecule is CCC(CN)S(=O)(=O)NC1CCCCC1(C)C. The fourth-order valence-corrected chi connectivity index (χ4v) is 4.24. The van der Waals surface area contributed by atoms with Crippen LogP contribution < -0.4 is 10.5 Å². The molecule has 5 heteroatoms. The highest BCUT2D eigenvalue weighted by Gasteiger charge is 2.36. The molecule has 102 valence electrons. The van der Waals surface area contributed by atoms with Crippen molar-refractivity contribution >= 4 is 10.0 Å². The molecule has 0 spiro atoms. The zero-order chi connectivity index (χ0) is 13.1. The Morgan fingerprint density at radius 3 is 2.53 bits per heavy atom. The van der Waals surface area contributed by atoms with Crippen LogP contribution >= 0.6 is 0 Å². The van der Waals surface area contributed by atoms with Crippen molar-refractivity contribution in [2.75, 3.05) is 6.54 Å². The second-order valence-electron chi connectivity index (χ2n) is 5.72. The van der Waals surface area contributed by atoms with Gasteiger partial charge in [-0.25, -0.2) is 13.1 Å². The molecule has 1 saturated carbocycles. The average Bonchev–Trinajstić information content (AvgIpc) is 2.22. The number of rotatable bonds is 5. The van der Waals surface area contributed by atoms with E-state index in [0.29, 0.717) is 6.42 Å². The lowest BCUT2D eigenvalue weighted by Crippen LogP contribution is -2.50. The third-order valence-corrected chi connectivity index (χ3v) is 5.99. The van der Waals surface area contributed by atoms with Crippen LogP contribution in [0.15, 0.2) is 0 Å². The van der Waals surface area contributed by atoms with E-state index in [0.717, 1.165) is 19.3 Å². The highest BCUT2D eigenvalue weighted by molar-refractivity contribution is 7.90. The number of hydrogen-bond acceptors (Lipinski definition) is 3. The minimum atomic E-state index is -3.27. The highest BCUT2D eigenvalue weighted by atomic mass is 32.2. The van der Waals surface area contributed by atoms with Gasteiger partial charge in [0, 0.05) is 12.6 Å². The summed E-state index contributed by atoms with van der Waals surface area (Å²) in [6.45, 7) is 6.34. The Kier molecular flexibility index (Phi) is 4.98. The predicted molar refractivity (Wildman–Crippen MR) is 71.2 cm³/mol. The lowest BCUT2D eigenvalue weighted by molar-refractivity contribution is 0.188. The molecule has 1 aliphatic carbocycles. The molecule has 2 atom stereocenters. The van der Waals surface area contributed by atoms with E-state index in [1.54, 1.807) is 0 Å². The van der Waals surface area contributed by atoms with Gasteiger partial charge in [-0.3, -0.25) is 0 Å². The van der Waals surface area contributed by atoms with E-state index < -0.39 is 15.3 Å². The molecular formula is C12H26N2O2S. The van der Waals surface area contributed by atoms with Gasteiger partial charge in [-0.1, -0.05) is 33.6 Å². The summed E-state index contributed by atoms with van der Waals surface area (Å²) >= 11 is 0. The van der Waals surface area contributed by atoms with E-state index >= 15 is 0 Å². The Morgan fingerprint density at radius 1 is 1.41 bits per heavy atom. The van der Waals surface area contributed by atoms with Gasteiger partial charge in [0.05, 0.1) is 5.25 Å². The summed E-state index contributed by atoms with van der Waals surface area (Å²) in [5.41, 5.74) is 5.58. The minimum absolute atomic E-state index is 0.0538. The van der Waals surface area contributed by atoms with Crippen LogP contribution in [0.25, 0.3) is 0 Å². The van der Waals surface area contributed by atoms with Crippen molar-refractivity contribution in [3.05, 3.63) is 0 Å². The molecule has 1 fully saturated rings. The largest absolute Gasteiger partial charge is 0.329 e. The fraction of sp³-hybridized carbons (Fsp3) is 1.00. The van der Waals surface area contributed by atoms with E-state index in [1.165, 1.54) is 6.42 Å². The lowest BCUT2D eigenvalue weighted by atomic mass is 9.74. The molecule has 0 aliphatic heterocycles. The lowest BCUT2D eigenvalue weighted by Gasteiger charge is -2.39. The summed E-state index contributed by atoms with van der Waals surface area (Å²) in [5.74, 6) is 0. The Balaban J connectivity index is 2.75. The van der Waals surface area contributed by atoms with Gasteiger partial charge in [-0.15, -0.1) is 0 Å². The van der Waals surface area contributed by atoms with E-state index in [9.17, 15) is 8.42 Å². The molecule has 3 N–H and O–H groups in total. The Morgan fingerprint density at radius 2 is 2.06 bits per heavy atom. The van der Waals surface area contributed by atoms with Crippen molar-refractivity contribution in [2.24, 2.45) is 11.1 Å². The van der Waals surface area contributed by atoms with Crippen LogP contribution in [0.2, 0.25) is 0 Å². The molecule has 1 rings (SSSR count). The topological polar surface area (TPSA) is 72.2 Å². The van der Waals surface area contributed by atoms with Crippen LogP contribution in [0.3, 0.4) is 0 Å². The van der Waals surface area contributed by atoms with Crippen LogP contribution in [0, 0.1) is 5.41 Å². The van der Waals surface area contributed by atoms with Gasteiger partial charge in [0.15, 0.2) is 0 Å². The van der Waals surface area contributed by atoms with E-state index in [1.807, 2.05) is 6.92 Å².